The van der Waals surface area contributed by atoms with Crippen LogP contribution in [0.2, 0.25) is 0 Å². The number of nitrogens with one attached hydrogen (secondary N) is 1. The van der Waals surface area contributed by atoms with E-state index in [0.29, 0.717) is 12.1 Å². The number of oxime groups is 1. The quantitative estimate of drug-likeness (QED) is 0.0775. The topological polar surface area (TPSA) is 206 Å². The number of aliphatic carboxylic acids is 1. The van der Waals surface area contributed by atoms with E-state index in [-0.39, 0.29) is 69.7 Å². The molecule has 2 atom stereocenters. The van der Waals surface area contributed by atoms with E-state index in [0.717, 1.165) is 27.1 Å². The Kier molecular flexibility index (Phi) is 11.0. The molecule has 3 amide bonds. The number of nitrogens with zero attached hydrogens (tertiary/aromatic N) is 6. The van der Waals surface area contributed by atoms with Crippen molar-refractivity contribution in [1.82, 2.24) is 15.2 Å². The molecular formula is C28H23N8NaO6S2. The van der Waals surface area contributed by atoms with Crippen molar-refractivity contribution >= 4 is 74.5 Å². The number of rotatable bonds is 10. The summed E-state index contributed by atoms with van der Waals surface area (Å²) in [6, 6.07) is 9.03. The van der Waals surface area contributed by atoms with Crippen LogP contribution >= 0.6 is 23.1 Å². The molecule has 0 radical (unpaired) electrons. The summed E-state index contributed by atoms with van der Waals surface area (Å²) in [5, 5.41) is 29.1. The van der Waals surface area contributed by atoms with E-state index in [1.165, 1.54) is 23.2 Å². The predicted molar refractivity (Wildman–Crippen MR) is 160 cm³/mol. The van der Waals surface area contributed by atoms with Gasteiger partial charge in [0.25, 0.3) is 11.8 Å². The Labute approximate surface area is 286 Å². The second kappa shape index (κ2) is 14.7. The maximum atomic E-state index is 13.1. The first kappa shape index (κ1) is 33.7. The van der Waals surface area contributed by atoms with Crippen LogP contribution in [0.15, 0.2) is 75.5 Å². The summed E-state index contributed by atoms with van der Waals surface area (Å²) in [5.74, 6) is -3.22. The van der Waals surface area contributed by atoms with Gasteiger partial charge in [0.2, 0.25) is 5.52 Å². The molecule has 2 aromatic heterocycles. The van der Waals surface area contributed by atoms with E-state index in [1.54, 1.807) is 43.3 Å². The molecule has 1 fully saturated rings. The number of amides is 3. The van der Waals surface area contributed by atoms with Gasteiger partial charge in [0.05, 0.1) is 11.7 Å². The number of carboxylic acids is 1. The Hall–Kier alpha value is -4.18. The monoisotopic (exact) mass is 654 g/mol. The molecule has 2 aliphatic rings. The zero-order chi connectivity index (χ0) is 31.4. The van der Waals surface area contributed by atoms with Gasteiger partial charge in [-0.05, 0) is 36.8 Å². The summed E-state index contributed by atoms with van der Waals surface area (Å²) in [4.78, 5) is 63.8. The van der Waals surface area contributed by atoms with Crippen molar-refractivity contribution in [3.8, 4) is 0 Å². The second-order valence-electron chi connectivity index (χ2n) is 9.30. The summed E-state index contributed by atoms with van der Waals surface area (Å²) >= 11 is 2.41. The maximum Gasteiger partial charge on any atom is 1.00 e. The molecule has 3 N–H and O–H groups in total. The Balaban J connectivity index is 0.00000461. The number of pyridine rings is 1. The zero-order valence-electron chi connectivity index (χ0n) is 24.0. The van der Waals surface area contributed by atoms with Crippen molar-refractivity contribution in [2.75, 3.05) is 18.1 Å². The number of allylic oxidation sites excluding steroid dienone is 2. The van der Waals surface area contributed by atoms with Crippen molar-refractivity contribution < 1.29 is 63.2 Å². The van der Waals surface area contributed by atoms with Gasteiger partial charge >= 0.3 is 29.6 Å². The number of hydrogen-bond acceptors (Lipinski definition) is 11. The molecule has 0 bridgehead atoms. The molecule has 14 nitrogen and oxygen atoms in total. The van der Waals surface area contributed by atoms with Crippen molar-refractivity contribution in [3.63, 3.8) is 0 Å². The zero-order valence-corrected chi connectivity index (χ0v) is 27.6. The van der Waals surface area contributed by atoms with Gasteiger partial charge < -0.3 is 36.2 Å². The summed E-state index contributed by atoms with van der Waals surface area (Å²) in [5.41, 5.74) is 6.92. The summed E-state index contributed by atoms with van der Waals surface area (Å²) in [6.07, 6.45) is 5.20. The van der Waals surface area contributed by atoms with Gasteiger partial charge in [-0.1, -0.05) is 11.2 Å². The van der Waals surface area contributed by atoms with Crippen LogP contribution in [0, 0.1) is 0 Å². The van der Waals surface area contributed by atoms with Gasteiger partial charge in [0.1, 0.15) is 23.7 Å². The number of carboxylic acid groups (broad SMARTS) is 1. The molecule has 1 saturated heterocycles. The largest absolute Gasteiger partial charge is 1.00 e. The van der Waals surface area contributed by atoms with E-state index in [9.17, 15) is 24.3 Å². The Morgan fingerprint density at radius 1 is 1.36 bits per heavy atom. The normalized spacial score (nSPS) is 17.7. The van der Waals surface area contributed by atoms with E-state index < -0.39 is 35.1 Å². The second-order valence-corrected chi connectivity index (χ2v) is 11.3. The number of nitrogen functional groups attached to an aromatic ring is 1. The summed E-state index contributed by atoms with van der Waals surface area (Å²) < 4.78 is 1.89. The minimum atomic E-state index is -1.51. The molecule has 4 heterocycles. The standard InChI is InChI=1S/C28H24N8O6S2.Na/c1-2-42-34-20(18-13-44-28(30)32-18)24(38)33-21-25(39)36-22(27(40)41)17(12-43-26(21)36)6-4-10-35-9-3-5-15-11-16(7-8-19(15)35)23(37)31-14-29;/h3-9,11,13,21,26H,2,10,12H2,1H3,(H2,30,32)(H,33,38)(H,40,41);/q;+1/p-1/b6-4+,34-20-;/t21-,26-;/m1./s1. The predicted octanol–water partition coefficient (Wildman–Crippen LogP) is -2.55. The fourth-order valence-corrected chi connectivity index (χ4v) is 6.56. The number of nitrogens with two attached hydrogens (primary N) is 1. The van der Waals surface area contributed by atoms with E-state index >= 15 is 0 Å². The minimum absolute atomic E-state index is 0. The number of β-lactam (4-membered cyclic amide) rings is 1. The molecule has 0 aliphatic carbocycles. The molecule has 224 valence electrons. The number of carbonyl (C=O) groups is 4. The Morgan fingerprint density at radius 3 is 2.84 bits per heavy atom. The van der Waals surface area contributed by atoms with Crippen molar-refractivity contribution in [2.24, 2.45) is 10.1 Å². The van der Waals surface area contributed by atoms with Gasteiger partial charge in [-0.15, -0.1) is 29.1 Å². The van der Waals surface area contributed by atoms with Crippen LogP contribution in [0.4, 0.5) is 5.13 Å². The van der Waals surface area contributed by atoms with Crippen molar-refractivity contribution in [1.29, 1.82) is 0 Å². The van der Waals surface area contributed by atoms with Crippen LogP contribution in [0.5, 0.6) is 0 Å². The van der Waals surface area contributed by atoms with Crippen molar-refractivity contribution in [3.05, 3.63) is 82.0 Å². The third-order valence-corrected chi connectivity index (χ3v) is 8.62. The van der Waals surface area contributed by atoms with Gasteiger partial charge in [-0.3, -0.25) is 19.3 Å². The van der Waals surface area contributed by atoms with Crippen LogP contribution in [0.1, 0.15) is 23.0 Å². The number of carbonyl (C=O) groups excluding carboxylic acids is 4. The average Bonchev–Trinajstić information content (AvgIpc) is 3.45. The Morgan fingerprint density at radius 2 is 2.16 bits per heavy atom. The molecule has 1 aromatic carbocycles. The van der Waals surface area contributed by atoms with Crippen LogP contribution in [0.3, 0.4) is 0 Å². The van der Waals surface area contributed by atoms with Gasteiger partial charge in [-0.25, -0.2) is 4.98 Å². The van der Waals surface area contributed by atoms with Crippen LogP contribution in [0.25, 0.3) is 16.3 Å². The number of benzene rings is 1. The molecule has 2 aliphatic heterocycles. The molecule has 17 heteroatoms. The number of thioether (sulfide) groups is 1. The minimum Gasteiger partial charge on any atom is -0.543 e. The maximum absolute atomic E-state index is 13.1. The first-order valence-electron chi connectivity index (χ1n) is 13.1. The molecule has 3 aromatic rings. The number of anilines is 1. The molecule has 5 rings (SSSR count). The fraction of sp³-hybridized carbons (Fsp3) is 0.214. The summed E-state index contributed by atoms with van der Waals surface area (Å²) in [6.45, 7) is 2.24. The molecule has 0 spiro atoms. The number of hydrogen-bond donors (Lipinski definition) is 2. The van der Waals surface area contributed by atoms with Crippen LogP contribution < -0.4 is 50.3 Å². The number of aliphatic imine (C=N–C) groups is 1. The van der Waals surface area contributed by atoms with E-state index in [2.05, 4.69) is 20.4 Å². The average molecular weight is 655 g/mol. The molecule has 45 heavy (non-hydrogen) atoms. The summed E-state index contributed by atoms with van der Waals surface area (Å²) in [7, 11) is 0. The first-order chi connectivity index (χ1) is 21.2. The fourth-order valence-electron chi connectivity index (χ4n) is 4.69. The SMILES string of the molecule is CCO/N=C(\C(=O)N[C@@H]1C(=O)N2C(C(=O)[O-])=C(/C=C/C[n+]3cccc4cc(C(=O)N=C=[N-])ccc43)CS[C@H]12)c1csc(N)n1.[Na+]. The van der Waals surface area contributed by atoms with E-state index in [1.807, 2.05) is 16.8 Å². The number of aromatic nitrogens is 2. The molecule has 0 unspecified atom stereocenters. The first-order valence-corrected chi connectivity index (χ1v) is 15.0. The molecule has 0 saturated carbocycles. The number of fused-ring (bicyclic) bond motifs is 2. The third-order valence-electron chi connectivity index (χ3n) is 6.64. The molecular weight excluding hydrogens is 631 g/mol. The van der Waals surface area contributed by atoms with Crippen LogP contribution in [-0.2, 0) is 25.8 Å². The van der Waals surface area contributed by atoms with Crippen molar-refractivity contribution in [2.45, 2.75) is 24.9 Å². The van der Waals surface area contributed by atoms with E-state index in [4.69, 9.17) is 16.0 Å². The van der Waals surface area contributed by atoms with Gasteiger partial charge in [0, 0.05) is 34.2 Å². The number of thiazole rings is 1. The smallest absolute Gasteiger partial charge is 0.543 e. The van der Waals surface area contributed by atoms with Crippen LogP contribution in [-0.4, -0.2) is 69.1 Å². The Bertz CT molecular complexity index is 1830. The van der Waals surface area contributed by atoms with Gasteiger partial charge in [0.15, 0.2) is 29.5 Å². The van der Waals surface area contributed by atoms with Gasteiger partial charge in [-0.2, -0.15) is 4.57 Å². The third kappa shape index (κ3) is 7.06.